The minimum absolute atomic E-state index is 0.148. The van der Waals surface area contributed by atoms with Crippen LogP contribution in [0.4, 0.5) is 0 Å². The summed E-state index contributed by atoms with van der Waals surface area (Å²) >= 11 is 0. The number of benzene rings is 1. The maximum atomic E-state index is 6.14. The number of rotatable bonds is 7. The molecule has 0 radical (unpaired) electrons. The topological polar surface area (TPSA) is 58.1 Å². The number of hydrogen-bond donors (Lipinski definition) is 2. The minimum Gasteiger partial charge on any atom is -0.379 e. The molecule has 0 aliphatic carbocycles. The lowest BCUT2D eigenvalue weighted by atomic mass is 9.89. The van der Waals surface area contributed by atoms with Crippen LogP contribution in [0.25, 0.3) is 0 Å². The summed E-state index contributed by atoms with van der Waals surface area (Å²) in [7, 11) is 0. The molecule has 2 aliphatic rings. The van der Waals surface area contributed by atoms with Gasteiger partial charge in [0.05, 0.1) is 19.3 Å². The van der Waals surface area contributed by atoms with E-state index in [-0.39, 0.29) is 6.10 Å². The van der Waals surface area contributed by atoms with Crippen LogP contribution in [0.1, 0.15) is 37.0 Å². The van der Waals surface area contributed by atoms with Crippen LogP contribution in [-0.4, -0.2) is 69.9 Å². The van der Waals surface area contributed by atoms with Crippen molar-refractivity contribution in [1.82, 2.24) is 15.5 Å². The number of aliphatic imine (C=N–C) groups is 1. The molecule has 2 atom stereocenters. The SMILES string of the molecule is CCNC(=NCC1CCCOC1c1ccc(C)cc1)NCCN1CCOCC1. The number of nitrogens with one attached hydrogen (secondary N) is 2. The lowest BCUT2D eigenvalue weighted by Crippen LogP contribution is -2.44. The molecule has 1 aromatic rings. The van der Waals surface area contributed by atoms with E-state index < -0.39 is 0 Å². The Hall–Kier alpha value is -1.63. The van der Waals surface area contributed by atoms with Crippen molar-refractivity contribution >= 4 is 5.96 Å². The number of hydrogen-bond acceptors (Lipinski definition) is 4. The van der Waals surface area contributed by atoms with Gasteiger partial charge in [0.2, 0.25) is 0 Å². The first-order chi connectivity index (χ1) is 13.8. The molecule has 2 aliphatic heterocycles. The Morgan fingerprint density at radius 3 is 2.68 bits per heavy atom. The van der Waals surface area contributed by atoms with Gasteiger partial charge in [0.25, 0.3) is 0 Å². The maximum Gasteiger partial charge on any atom is 0.191 e. The first-order valence-electron chi connectivity index (χ1n) is 10.8. The second-order valence-electron chi connectivity index (χ2n) is 7.70. The molecule has 0 bridgehead atoms. The van der Waals surface area contributed by atoms with E-state index in [1.165, 1.54) is 11.1 Å². The van der Waals surface area contributed by atoms with E-state index in [1.807, 2.05) is 0 Å². The van der Waals surface area contributed by atoms with Crippen molar-refractivity contribution in [2.75, 3.05) is 59.1 Å². The van der Waals surface area contributed by atoms with Gasteiger partial charge in [-0.25, -0.2) is 0 Å². The summed E-state index contributed by atoms with van der Waals surface area (Å²) in [6.45, 7) is 12.4. The molecule has 6 nitrogen and oxygen atoms in total. The van der Waals surface area contributed by atoms with Crippen LogP contribution in [0, 0.1) is 12.8 Å². The lowest BCUT2D eigenvalue weighted by Gasteiger charge is -2.31. The highest BCUT2D eigenvalue weighted by atomic mass is 16.5. The molecule has 2 heterocycles. The summed E-state index contributed by atoms with van der Waals surface area (Å²) in [6.07, 6.45) is 2.42. The molecule has 0 saturated carbocycles. The Balaban J connectivity index is 1.54. The molecule has 2 fully saturated rings. The van der Waals surface area contributed by atoms with E-state index in [4.69, 9.17) is 14.5 Å². The van der Waals surface area contributed by atoms with Gasteiger partial charge in [0.15, 0.2) is 5.96 Å². The lowest BCUT2D eigenvalue weighted by molar-refractivity contribution is -0.0250. The van der Waals surface area contributed by atoms with Crippen molar-refractivity contribution in [2.45, 2.75) is 32.8 Å². The Morgan fingerprint density at radius 2 is 1.93 bits per heavy atom. The first kappa shape index (κ1) is 21.1. The van der Waals surface area contributed by atoms with E-state index in [2.05, 4.69) is 53.6 Å². The van der Waals surface area contributed by atoms with Gasteiger partial charge in [-0.3, -0.25) is 9.89 Å². The highest BCUT2D eigenvalue weighted by molar-refractivity contribution is 5.79. The van der Waals surface area contributed by atoms with Gasteiger partial charge >= 0.3 is 0 Å². The Labute approximate surface area is 169 Å². The van der Waals surface area contributed by atoms with Crippen LogP contribution in [0.5, 0.6) is 0 Å². The molecule has 2 N–H and O–H groups in total. The molecule has 3 rings (SSSR count). The van der Waals surface area contributed by atoms with Crippen molar-refractivity contribution < 1.29 is 9.47 Å². The smallest absolute Gasteiger partial charge is 0.191 e. The Kier molecular flexibility index (Phi) is 8.58. The van der Waals surface area contributed by atoms with Crippen molar-refractivity contribution in [3.8, 4) is 0 Å². The van der Waals surface area contributed by atoms with Crippen molar-refractivity contribution in [2.24, 2.45) is 10.9 Å². The normalized spacial score (nSPS) is 24.1. The molecule has 156 valence electrons. The third-order valence-electron chi connectivity index (χ3n) is 5.50. The number of morpholine rings is 1. The quantitative estimate of drug-likeness (QED) is 0.555. The number of nitrogens with zero attached hydrogens (tertiary/aromatic N) is 2. The third-order valence-corrected chi connectivity index (χ3v) is 5.50. The highest BCUT2D eigenvalue weighted by Gasteiger charge is 2.27. The van der Waals surface area contributed by atoms with Crippen LogP contribution in [0.3, 0.4) is 0 Å². The van der Waals surface area contributed by atoms with Crippen LogP contribution in [-0.2, 0) is 9.47 Å². The van der Waals surface area contributed by atoms with E-state index in [0.717, 1.165) is 77.9 Å². The molecular formula is C22H36N4O2. The molecule has 2 saturated heterocycles. The second kappa shape index (κ2) is 11.4. The van der Waals surface area contributed by atoms with Crippen molar-refractivity contribution in [1.29, 1.82) is 0 Å². The van der Waals surface area contributed by atoms with Crippen molar-refractivity contribution in [3.63, 3.8) is 0 Å². The average molecular weight is 389 g/mol. The summed E-state index contributed by atoms with van der Waals surface area (Å²) in [4.78, 5) is 7.32. The summed E-state index contributed by atoms with van der Waals surface area (Å²) in [6, 6.07) is 8.75. The minimum atomic E-state index is 0.148. The molecular weight excluding hydrogens is 352 g/mol. The van der Waals surface area contributed by atoms with Crippen LogP contribution >= 0.6 is 0 Å². The van der Waals surface area contributed by atoms with E-state index in [0.29, 0.717) is 5.92 Å². The zero-order valence-corrected chi connectivity index (χ0v) is 17.5. The number of guanidine groups is 1. The first-order valence-corrected chi connectivity index (χ1v) is 10.8. The van der Waals surface area contributed by atoms with E-state index in [9.17, 15) is 0 Å². The van der Waals surface area contributed by atoms with Gasteiger partial charge in [-0.1, -0.05) is 29.8 Å². The Morgan fingerprint density at radius 1 is 1.14 bits per heavy atom. The fourth-order valence-corrected chi connectivity index (χ4v) is 3.86. The zero-order valence-electron chi connectivity index (χ0n) is 17.5. The van der Waals surface area contributed by atoms with Crippen molar-refractivity contribution in [3.05, 3.63) is 35.4 Å². The Bertz CT molecular complexity index is 599. The maximum absolute atomic E-state index is 6.14. The summed E-state index contributed by atoms with van der Waals surface area (Å²) in [5.41, 5.74) is 2.56. The highest BCUT2D eigenvalue weighted by Crippen LogP contribution is 2.33. The molecule has 2 unspecified atom stereocenters. The van der Waals surface area contributed by atoms with Gasteiger partial charge in [-0.2, -0.15) is 0 Å². The standard InChI is InChI=1S/C22H36N4O2/c1-3-23-22(24-10-11-26-12-15-27-16-13-26)25-17-20-5-4-14-28-21(20)19-8-6-18(2)7-9-19/h6-9,20-21H,3-5,10-17H2,1-2H3,(H2,23,24,25). The fourth-order valence-electron chi connectivity index (χ4n) is 3.86. The van der Waals surface area contributed by atoms with Gasteiger partial charge in [0.1, 0.15) is 0 Å². The van der Waals surface area contributed by atoms with Gasteiger partial charge in [0, 0.05) is 51.8 Å². The second-order valence-corrected chi connectivity index (χ2v) is 7.70. The zero-order chi connectivity index (χ0) is 19.6. The third kappa shape index (κ3) is 6.47. The fraction of sp³-hybridized carbons (Fsp3) is 0.682. The van der Waals surface area contributed by atoms with E-state index >= 15 is 0 Å². The van der Waals surface area contributed by atoms with Gasteiger partial charge < -0.3 is 20.1 Å². The molecule has 1 aromatic carbocycles. The molecule has 0 aromatic heterocycles. The van der Waals surface area contributed by atoms with Crippen LogP contribution in [0.15, 0.2) is 29.3 Å². The predicted octanol–water partition coefficient (Wildman–Crippen LogP) is 2.35. The predicted molar refractivity (Wildman–Crippen MR) is 114 cm³/mol. The van der Waals surface area contributed by atoms with Gasteiger partial charge in [-0.15, -0.1) is 0 Å². The average Bonchev–Trinajstić information content (AvgIpc) is 2.74. The number of ether oxygens (including phenoxy) is 2. The van der Waals surface area contributed by atoms with Crippen LogP contribution in [0.2, 0.25) is 0 Å². The molecule has 0 amide bonds. The van der Waals surface area contributed by atoms with E-state index in [1.54, 1.807) is 0 Å². The number of aryl methyl sites for hydroxylation is 1. The molecule has 0 spiro atoms. The largest absolute Gasteiger partial charge is 0.379 e. The summed E-state index contributed by atoms with van der Waals surface area (Å²) in [5, 5.41) is 6.86. The van der Waals surface area contributed by atoms with Crippen LogP contribution < -0.4 is 10.6 Å². The molecule has 28 heavy (non-hydrogen) atoms. The summed E-state index contributed by atoms with van der Waals surface area (Å²) in [5.74, 6) is 1.33. The summed E-state index contributed by atoms with van der Waals surface area (Å²) < 4.78 is 11.6. The van der Waals surface area contributed by atoms with Gasteiger partial charge in [-0.05, 0) is 32.3 Å². The monoisotopic (exact) mass is 388 g/mol. The molecule has 6 heteroatoms.